The number of carboxylic acid groups (broad SMARTS) is 1. The molecule has 0 radical (unpaired) electrons. The van der Waals surface area contributed by atoms with Gasteiger partial charge in [0.15, 0.2) is 0 Å². The van der Waals surface area contributed by atoms with Gasteiger partial charge in [0.25, 0.3) is 0 Å². The van der Waals surface area contributed by atoms with Gasteiger partial charge in [0.1, 0.15) is 12.4 Å². The highest BCUT2D eigenvalue weighted by molar-refractivity contribution is 6.30. The molecule has 30 heavy (non-hydrogen) atoms. The Morgan fingerprint density at radius 2 is 1.90 bits per heavy atom. The maximum Gasteiger partial charge on any atom is 0.309 e. The van der Waals surface area contributed by atoms with Crippen molar-refractivity contribution in [3.8, 4) is 5.75 Å². The van der Waals surface area contributed by atoms with Crippen molar-refractivity contribution in [2.24, 2.45) is 10.8 Å². The van der Waals surface area contributed by atoms with Gasteiger partial charge in [-0.15, -0.1) is 12.4 Å². The van der Waals surface area contributed by atoms with Crippen LogP contribution in [0.2, 0.25) is 5.02 Å². The molecular weight excluding hydrogens is 427 g/mol. The van der Waals surface area contributed by atoms with Crippen molar-refractivity contribution < 1.29 is 19.4 Å². The summed E-state index contributed by atoms with van der Waals surface area (Å²) in [5.74, 6) is 0.0692. The first kappa shape index (κ1) is 23.2. The number of aliphatic carboxylic acids is 1. The third kappa shape index (κ3) is 4.02. The minimum absolute atomic E-state index is 0. The molecule has 0 aromatic heterocycles. The van der Waals surface area contributed by atoms with Gasteiger partial charge in [0, 0.05) is 17.6 Å². The summed E-state index contributed by atoms with van der Waals surface area (Å²) >= 11 is 5.97. The van der Waals surface area contributed by atoms with Crippen LogP contribution in [0.3, 0.4) is 0 Å². The number of benzene rings is 1. The van der Waals surface area contributed by atoms with E-state index in [0.29, 0.717) is 43.2 Å². The normalized spacial score (nSPS) is 29.0. The highest BCUT2D eigenvalue weighted by atomic mass is 35.5. The van der Waals surface area contributed by atoms with Crippen LogP contribution in [-0.4, -0.2) is 41.7 Å². The lowest BCUT2D eigenvalue weighted by atomic mass is 9.33. The van der Waals surface area contributed by atoms with Crippen LogP contribution >= 0.6 is 24.0 Å². The van der Waals surface area contributed by atoms with E-state index in [1.54, 1.807) is 12.1 Å². The number of nitrogens with one attached hydrogen (secondary N) is 2. The number of ether oxygens (including phenoxy) is 1. The largest absolute Gasteiger partial charge is 0.492 e. The van der Waals surface area contributed by atoms with Gasteiger partial charge >= 0.3 is 5.97 Å². The molecule has 5 rings (SSSR count). The lowest BCUT2D eigenvalue weighted by Crippen LogP contribution is -2.72. The van der Waals surface area contributed by atoms with Crippen molar-refractivity contribution in [3.63, 3.8) is 0 Å². The van der Waals surface area contributed by atoms with Gasteiger partial charge in [-0.05, 0) is 62.6 Å². The quantitative estimate of drug-likeness (QED) is 0.491. The Morgan fingerprint density at radius 3 is 2.50 bits per heavy atom. The molecule has 0 saturated heterocycles. The standard InChI is InChI=1S/C22H29ClN2O4.ClH/c1-15(20-12-21(13-20,14-20)19(27)28)25-18(26)22(7-2-3-8-22)24-9-10-29-17-6-4-5-16(23)11-17;/h4-6,11,15,24H,2-3,7-10,12-14H2,1H3,(H,25,26)(H,27,28);1H/t15-,20?,21?;/m0./s1. The summed E-state index contributed by atoms with van der Waals surface area (Å²) in [6, 6.07) is 7.28. The van der Waals surface area contributed by atoms with Gasteiger partial charge in [-0.1, -0.05) is 30.5 Å². The van der Waals surface area contributed by atoms with Crippen LogP contribution in [0.1, 0.15) is 51.9 Å². The van der Waals surface area contributed by atoms with Gasteiger partial charge in [-0.2, -0.15) is 0 Å². The average Bonchev–Trinajstić information content (AvgIpc) is 3.06. The number of rotatable bonds is 9. The van der Waals surface area contributed by atoms with Crippen LogP contribution in [-0.2, 0) is 9.59 Å². The van der Waals surface area contributed by atoms with Crippen LogP contribution in [0.5, 0.6) is 5.75 Å². The number of carbonyl (C=O) groups excluding carboxylic acids is 1. The Bertz CT molecular complexity index is 790. The highest BCUT2D eigenvalue weighted by Gasteiger charge is 2.73. The van der Waals surface area contributed by atoms with Crippen LogP contribution in [0.15, 0.2) is 24.3 Å². The van der Waals surface area contributed by atoms with E-state index >= 15 is 0 Å². The molecule has 4 aliphatic rings. The summed E-state index contributed by atoms with van der Waals surface area (Å²) in [7, 11) is 0. The van der Waals surface area contributed by atoms with Gasteiger partial charge < -0.3 is 15.2 Å². The number of amides is 1. The minimum Gasteiger partial charge on any atom is -0.492 e. The maximum absolute atomic E-state index is 13.2. The first-order valence-corrected chi connectivity index (χ1v) is 10.8. The van der Waals surface area contributed by atoms with Crippen molar-refractivity contribution in [3.05, 3.63) is 29.3 Å². The van der Waals surface area contributed by atoms with Crippen LogP contribution in [0.25, 0.3) is 0 Å². The van der Waals surface area contributed by atoms with E-state index in [0.717, 1.165) is 25.7 Å². The Hall–Kier alpha value is -1.50. The van der Waals surface area contributed by atoms with Crippen molar-refractivity contribution >= 4 is 35.9 Å². The monoisotopic (exact) mass is 456 g/mol. The molecule has 3 N–H and O–H groups in total. The Labute approximate surface area is 188 Å². The predicted octanol–water partition coefficient (Wildman–Crippen LogP) is 3.80. The van der Waals surface area contributed by atoms with Crippen molar-refractivity contribution in [2.75, 3.05) is 13.2 Å². The van der Waals surface area contributed by atoms with E-state index in [4.69, 9.17) is 16.3 Å². The molecule has 0 heterocycles. The fourth-order valence-electron chi connectivity index (χ4n) is 5.52. The molecule has 1 atom stereocenters. The van der Waals surface area contributed by atoms with Gasteiger partial charge in [-0.25, -0.2) is 0 Å². The summed E-state index contributed by atoms with van der Waals surface area (Å²) < 4.78 is 5.74. The molecule has 0 unspecified atom stereocenters. The molecule has 166 valence electrons. The van der Waals surface area contributed by atoms with Crippen LogP contribution < -0.4 is 15.4 Å². The summed E-state index contributed by atoms with van der Waals surface area (Å²) in [4.78, 5) is 24.5. The molecule has 0 aliphatic heterocycles. The maximum atomic E-state index is 13.2. The van der Waals surface area contributed by atoms with Crippen LogP contribution in [0, 0.1) is 10.8 Å². The number of hydrogen-bond donors (Lipinski definition) is 3. The highest BCUT2D eigenvalue weighted by Crippen LogP contribution is 2.74. The van der Waals surface area contributed by atoms with E-state index in [1.165, 1.54) is 0 Å². The molecule has 6 nitrogen and oxygen atoms in total. The molecule has 1 aromatic carbocycles. The molecule has 1 amide bonds. The predicted molar refractivity (Wildman–Crippen MR) is 117 cm³/mol. The van der Waals surface area contributed by atoms with Crippen LogP contribution in [0.4, 0.5) is 0 Å². The molecule has 0 spiro atoms. The average molecular weight is 457 g/mol. The first-order chi connectivity index (χ1) is 13.8. The molecule has 2 bridgehead atoms. The number of carboxylic acids is 1. The topological polar surface area (TPSA) is 87.7 Å². The lowest BCUT2D eigenvalue weighted by Gasteiger charge is -2.70. The van der Waals surface area contributed by atoms with E-state index < -0.39 is 16.9 Å². The van der Waals surface area contributed by atoms with Crippen molar-refractivity contribution in [1.29, 1.82) is 0 Å². The zero-order chi connectivity index (χ0) is 20.7. The van der Waals surface area contributed by atoms with E-state index in [9.17, 15) is 14.7 Å². The first-order valence-electron chi connectivity index (χ1n) is 10.5. The third-order valence-electron chi connectivity index (χ3n) is 7.31. The zero-order valence-electron chi connectivity index (χ0n) is 17.2. The summed E-state index contributed by atoms with van der Waals surface area (Å²) in [6.45, 7) is 3.05. The fourth-order valence-corrected chi connectivity index (χ4v) is 5.70. The SMILES string of the molecule is C[C@H](NC(=O)C1(NCCOc2cccc(Cl)c2)CCCC1)C12CC(C(=O)O)(C1)C2.Cl. The molecule has 4 aliphatic carbocycles. The lowest BCUT2D eigenvalue weighted by molar-refractivity contribution is -0.231. The second-order valence-corrected chi connectivity index (χ2v) is 9.63. The van der Waals surface area contributed by atoms with E-state index in [1.807, 2.05) is 19.1 Å². The third-order valence-corrected chi connectivity index (χ3v) is 7.55. The molecule has 1 aromatic rings. The summed E-state index contributed by atoms with van der Waals surface area (Å²) in [6.07, 6.45) is 5.73. The summed E-state index contributed by atoms with van der Waals surface area (Å²) in [5.41, 5.74) is -1.09. The van der Waals surface area contributed by atoms with Crippen molar-refractivity contribution in [2.45, 2.75) is 63.5 Å². The Balaban J connectivity index is 0.00000256. The second kappa shape index (κ2) is 8.56. The molecule has 4 fully saturated rings. The zero-order valence-corrected chi connectivity index (χ0v) is 18.8. The second-order valence-electron chi connectivity index (χ2n) is 9.20. The number of carbonyl (C=O) groups is 2. The smallest absolute Gasteiger partial charge is 0.309 e. The van der Waals surface area contributed by atoms with Gasteiger partial charge in [-0.3, -0.25) is 14.9 Å². The molecular formula is C22H30Cl2N2O4. The van der Waals surface area contributed by atoms with E-state index in [2.05, 4.69) is 10.6 Å². The van der Waals surface area contributed by atoms with Gasteiger partial charge in [0.2, 0.25) is 5.91 Å². The Morgan fingerprint density at radius 1 is 1.23 bits per heavy atom. The van der Waals surface area contributed by atoms with Gasteiger partial charge in [0.05, 0.1) is 11.0 Å². The molecule has 8 heteroatoms. The minimum atomic E-state index is -0.688. The van der Waals surface area contributed by atoms with E-state index in [-0.39, 0.29) is 29.8 Å². The fraction of sp³-hybridized carbons (Fsp3) is 0.636. The van der Waals surface area contributed by atoms with Crippen molar-refractivity contribution in [1.82, 2.24) is 10.6 Å². The number of hydrogen-bond acceptors (Lipinski definition) is 4. The number of halogens is 2. The summed E-state index contributed by atoms with van der Waals surface area (Å²) in [5, 5.41) is 16.6. The molecule has 4 saturated carbocycles. The Kier molecular flexibility index (Phi) is 6.61.